The molecular weight excluding hydrogens is 334 g/mol. The van der Waals surface area contributed by atoms with Gasteiger partial charge in [0.2, 0.25) is 0 Å². The third kappa shape index (κ3) is 4.06. The molecule has 1 aromatic rings. The van der Waals surface area contributed by atoms with E-state index in [2.05, 4.69) is 10.6 Å². The standard InChI is InChI=1S/C15H17N3O5S/c1-9-12(14(19)23-8-7-22-2)13(17-15(24)16-9)10-3-5-11(6-4-10)18(20)21/h3-6,13H,7-8H2,1-2H3,(H2,16,17,24)/t13-/m1/s1. The number of non-ortho nitro benzene ring substituents is 1. The van der Waals surface area contributed by atoms with Gasteiger partial charge in [0.1, 0.15) is 6.61 Å². The average Bonchev–Trinajstić information content (AvgIpc) is 2.54. The molecular formula is C15H17N3O5S. The average molecular weight is 351 g/mol. The van der Waals surface area contributed by atoms with E-state index in [1.807, 2.05) is 0 Å². The second kappa shape index (κ2) is 7.84. The Morgan fingerprint density at radius 1 is 1.33 bits per heavy atom. The molecule has 2 N–H and O–H groups in total. The fourth-order valence-electron chi connectivity index (χ4n) is 2.30. The molecule has 0 bridgehead atoms. The van der Waals surface area contributed by atoms with Gasteiger partial charge >= 0.3 is 5.97 Å². The number of nitro groups is 1. The third-order valence-corrected chi connectivity index (χ3v) is 3.67. The molecule has 0 saturated heterocycles. The molecule has 1 atom stereocenters. The van der Waals surface area contributed by atoms with E-state index in [9.17, 15) is 14.9 Å². The third-order valence-electron chi connectivity index (χ3n) is 3.45. The Hall–Kier alpha value is -2.52. The molecule has 0 amide bonds. The Kier molecular flexibility index (Phi) is 5.83. The first-order chi connectivity index (χ1) is 11.4. The highest BCUT2D eigenvalue weighted by molar-refractivity contribution is 7.80. The predicted octanol–water partition coefficient (Wildman–Crippen LogP) is 1.58. The molecule has 8 nitrogen and oxygen atoms in total. The Balaban J connectivity index is 2.30. The van der Waals surface area contributed by atoms with E-state index in [0.717, 1.165) is 0 Å². The van der Waals surface area contributed by atoms with Gasteiger partial charge in [-0.3, -0.25) is 10.1 Å². The zero-order valence-corrected chi connectivity index (χ0v) is 14.0. The molecule has 128 valence electrons. The van der Waals surface area contributed by atoms with Crippen LogP contribution in [0.2, 0.25) is 0 Å². The molecule has 0 unspecified atom stereocenters. The van der Waals surface area contributed by atoms with Crippen LogP contribution in [0, 0.1) is 10.1 Å². The first-order valence-corrected chi connectivity index (χ1v) is 7.53. The van der Waals surface area contributed by atoms with Crippen molar-refractivity contribution in [3.8, 4) is 0 Å². The molecule has 1 aromatic carbocycles. The maximum absolute atomic E-state index is 12.4. The first-order valence-electron chi connectivity index (χ1n) is 7.12. The molecule has 2 rings (SSSR count). The first kappa shape index (κ1) is 17.8. The van der Waals surface area contributed by atoms with Crippen LogP contribution in [0.4, 0.5) is 5.69 Å². The zero-order valence-electron chi connectivity index (χ0n) is 13.2. The number of nitro benzene ring substituents is 1. The quantitative estimate of drug-likeness (QED) is 0.262. The van der Waals surface area contributed by atoms with Gasteiger partial charge in [-0.15, -0.1) is 0 Å². The highest BCUT2D eigenvalue weighted by Gasteiger charge is 2.31. The van der Waals surface area contributed by atoms with Crippen LogP contribution >= 0.6 is 12.2 Å². The van der Waals surface area contributed by atoms with Gasteiger partial charge in [-0.05, 0) is 36.8 Å². The number of thiocarbonyl (C=S) groups is 1. The van der Waals surface area contributed by atoms with Crippen molar-refractivity contribution in [3.05, 3.63) is 51.2 Å². The van der Waals surface area contributed by atoms with Gasteiger partial charge in [-0.1, -0.05) is 0 Å². The lowest BCUT2D eigenvalue weighted by molar-refractivity contribution is -0.384. The zero-order chi connectivity index (χ0) is 17.7. The summed E-state index contributed by atoms with van der Waals surface area (Å²) in [5, 5.41) is 17.0. The number of hydrogen-bond donors (Lipinski definition) is 2. The lowest BCUT2D eigenvalue weighted by Gasteiger charge is -2.29. The van der Waals surface area contributed by atoms with Crippen LogP contribution in [-0.4, -0.2) is 36.3 Å². The normalized spacial score (nSPS) is 17.1. The van der Waals surface area contributed by atoms with Crippen LogP contribution < -0.4 is 10.6 Å². The van der Waals surface area contributed by atoms with Gasteiger partial charge < -0.3 is 20.1 Å². The molecule has 1 aliphatic rings. The highest BCUT2D eigenvalue weighted by atomic mass is 32.1. The number of esters is 1. The van der Waals surface area contributed by atoms with E-state index in [1.165, 1.54) is 19.2 Å². The van der Waals surface area contributed by atoms with Crippen molar-refractivity contribution >= 4 is 29.0 Å². The van der Waals surface area contributed by atoms with Crippen molar-refractivity contribution in [1.29, 1.82) is 0 Å². The number of nitrogens with one attached hydrogen (secondary N) is 2. The van der Waals surface area contributed by atoms with Crippen LogP contribution in [0.15, 0.2) is 35.5 Å². The number of rotatable bonds is 6. The largest absolute Gasteiger partial charge is 0.460 e. The molecule has 0 aromatic heterocycles. The van der Waals surface area contributed by atoms with E-state index in [0.29, 0.717) is 28.6 Å². The number of allylic oxidation sites excluding steroid dienone is 1. The Labute approximate surface area is 144 Å². The summed E-state index contributed by atoms with van der Waals surface area (Å²) in [6.07, 6.45) is 0. The fraction of sp³-hybridized carbons (Fsp3) is 0.333. The fourth-order valence-corrected chi connectivity index (χ4v) is 2.57. The van der Waals surface area contributed by atoms with Crippen LogP contribution in [0.1, 0.15) is 18.5 Å². The van der Waals surface area contributed by atoms with E-state index < -0.39 is 16.9 Å². The molecule has 0 aliphatic carbocycles. The Bertz CT molecular complexity index is 687. The van der Waals surface area contributed by atoms with Crippen molar-refractivity contribution in [2.45, 2.75) is 13.0 Å². The molecule has 9 heteroatoms. The summed E-state index contributed by atoms with van der Waals surface area (Å²) in [6, 6.07) is 5.38. The summed E-state index contributed by atoms with van der Waals surface area (Å²) in [4.78, 5) is 22.7. The smallest absolute Gasteiger partial charge is 0.338 e. The van der Waals surface area contributed by atoms with Crippen molar-refractivity contribution in [2.24, 2.45) is 0 Å². The second-order valence-electron chi connectivity index (χ2n) is 5.05. The van der Waals surface area contributed by atoms with Crippen molar-refractivity contribution in [3.63, 3.8) is 0 Å². The van der Waals surface area contributed by atoms with Crippen molar-refractivity contribution < 1.29 is 19.2 Å². The molecule has 0 saturated carbocycles. The molecule has 0 spiro atoms. The van der Waals surface area contributed by atoms with Crippen LogP contribution in [0.3, 0.4) is 0 Å². The van der Waals surface area contributed by atoms with E-state index in [-0.39, 0.29) is 12.3 Å². The number of benzene rings is 1. The summed E-state index contributed by atoms with van der Waals surface area (Å²) in [7, 11) is 1.51. The predicted molar refractivity (Wildman–Crippen MR) is 90.2 cm³/mol. The molecule has 24 heavy (non-hydrogen) atoms. The SMILES string of the molecule is COCCOC(=O)C1=C(C)NC(=S)N[C@@H]1c1ccc([N+](=O)[O-])cc1. The van der Waals surface area contributed by atoms with Gasteiger partial charge in [0.15, 0.2) is 5.11 Å². The van der Waals surface area contributed by atoms with E-state index >= 15 is 0 Å². The summed E-state index contributed by atoms with van der Waals surface area (Å²) in [5.41, 5.74) is 1.58. The van der Waals surface area contributed by atoms with Crippen LogP contribution in [0.5, 0.6) is 0 Å². The number of methoxy groups -OCH3 is 1. The number of nitrogens with zero attached hydrogens (tertiary/aromatic N) is 1. The van der Waals surface area contributed by atoms with Crippen molar-refractivity contribution in [2.75, 3.05) is 20.3 Å². The summed E-state index contributed by atoms with van der Waals surface area (Å²) in [6.45, 7) is 2.14. The Morgan fingerprint density at radius 3 is 2.58 bits per heavy atom. The molecule has 1 aliphatic heterocycles. The van der Waals surface area contributed by atoms with Gasteiger partial charge in [-0.2, -0.15) is 0 Å². The maximum Gasteiger partial charge on any atom is 0.338 e. The van der Waals surface area contributed by atoms with Gasteiger partial charge in [0.05, 0.1) is 23.1 Å². The highest BCUT2D eigenvalue weighted by Crippen LogP contribution is 2.28. The minimum Gasteiger partial charge on any atom is -0.460 e. The lowest BCUT2D eigenvalue weighted by atomic mass is 9.95. The van der Waals surface area contributed by atoms with Gasteiger partial charge in [-0.25, -0.2) is 4.79 Å². The molecule has 0 fully saturated rings. The van der Waals surface area contributed by atoms with E-state index in [1.54, 1.807) is 19.1 Å². The number of carbonyl (C=O) groups is 1. The van der Waals surface area contributed by atoms with Crippen LogP contribution in [0.25, 0.3) is 0 Å². The minimum absolute atomic E-state index is 0.0276. The van der Waals surface area contributed by atoms with Gasteiger partial charge in [0.25, 0.3) is 5.69 Å². The monoisotopic (exact) mass is 351 g/mol. The Morgan fingerprint density at radius 2 is 2.00 bits per heavy atom. The number of ether oxygens (including phenoxy) is 2. The second-order valence-corrected chi connectivity index (χ2v) is 5.46. The number of carbonyl (C=O) groups excluding carboxylic acids is 1. The summed E-state index contributed by atoms with van der Waals surface area (Å²) in [5.74, 6) is -0.504. The summed E-state index contributed by atoms with van der Waals surface area (Å²) >= 11 is 5.14. The molecule has 0 radical (unpaired) electrons. The summed E-state index contributed by atoms with van der Waals surface area (Å²) < 4.78 is 10.0. The lowest BCUT2D eigenvalue weighted by Crippen LogP contribution is -2.45. The topological polar surface area (TPSA) is 103 Å². The maximum atomic E-state index is 12.4. The van der Waals surface area contributed by atoms with E-state index in [4.69, 9.17) is 21.7 Å². The molecule has 1 heterocycles. The van der Waals surface area contributed by atoms with Crippen molar-refractivity contribution in [1.82, 2.24) is 10.6 Å². The minimum atomic E-state index is -0.547. The number of hydrogen-bond acceptors (Lipinski definition) is 6. The van der Waals surface area contributed by atoms with Gasteiger partial charge in [0, 0.05) is 24.9 Å². The van der Waals surface area contributed by atoms with Crippen LogP contribution in [-0.2, 0) is 14.3 Å².